The molecule has 6 nitrogen and oxygen atoms in total. The summed E-state index contributed by atoms with van der Waals surface area (Å²) in [5.41, 5.74) is 1.45. The standard InChI is InChI=1S/C19H26N4O2S/c1-4-21-18(23-13-19(2,25)16-8-9-26-12-16)22-11-14-6-5-7-15(10-14)17(24)20-3/h5-10,12,25H,4,11,13H2,1-3H3,(H,20,24)(H2,21,22,23). The lowest BCUT2D eigenvalue weighted by Crippen LogP contribution is -2.44. The van der Waals surface area contributed by atoms with Crippen molar-refractivity contribution >= 4 is 23.2 Å². The first-order valence-electron chi connectivity index (χ1n) is 8.54. The average Bonchev–Trinajstić information content (AvgIpc) is 3.19. The Hall–Kier alpha value is -2.38. The Morgan fingerprint density at radius 2 is 2.12 bits per heavy atom. The van der Waals surface area contributed by atoms with Gasteiger partial charge < -0.3 is 21.1 Å². The second-order valence-electron chi connectivity index (χ2n) is 6.11. The van der Waals surface area contributed by atoms with E-state index in [0.717, 1.165) is 11.1 Å². The number of rotatable bonds is 7. The lowest BCUT2D eigenvalue weighted by molar-refractivity contribution is 0.0621. The Bertz CT molecular complexity index is 742. The lowest BCUT2D eigenvalue weighted by Gasteiger charge is -2.24. The van der Waals surface area contributed by atoms with Crippen LogP contribution in [-0.2, 0) is 12.1 Å². The number of amides is 1. The number of benzene rings is 1. The van der Waals surface area contributed by atoms with Gasteiger partial charge in [0.05, 0.1) is 13.1 Å². The maximum absolute atomic E-state index is 11.7. The van der Waals surface area contributed by atoms with E-state index in [0.29, 0.717) is 31.2 Å². The highest BCUT2D eigenvalue weighted by molar-refractivity contribution is 7.08. The van der Waals surface area contributed by atoms with Crippen LogP contribution >= 0.6 is 11.3 Å². The summed E-state index contributed by atoms with van der Waals surface area (Å²) >= 11 is 1.56. The first-order chi connectivity index (χ1) is 12.5. The maximum Gasteiger partial charge on any atom is 0.251 e. The number of hydrogen-bond donors (Lipinski definition) is 4. The second kappa shape index (κ2) is 9.35. The summed E-state index contributed by atoms with van der Waals surface area (Å²) in [6.07, 6.45) is 0. The molecule has 1 atom stereocenters. The fourth-order valence-corrected chi connectivity index (χ4v) is 3.18. The van der Waals surface area contributed by atoms with E-state index in [-0.39, 0.29) is 5.91 Å². The Morgan fingerprint density at radius 1 is 1.31 bits per heavy atom. The number of carbonyl (C=O) groups excluding carboxylic acids is 1. The first kappa shape index (κ1) is 19.9. The molecule has 140 valence electrons. The molecule has 2 rings (SSSR count). The van der Waals surface area contributed by atoms with Crippen molar-refractivity contribution in [3.05, 3.63) is 57.8 Å². The Balaban J connectivity index is 2.03. The number of nitrogens with one attached hydrogen (secondary N) is 3. The number of hydrogen-bond acceptors (Lipinski definition) is 4. The quantitative estimate of drug-likeness (QED) is 0.441. The molecule has 0 saturated heterocycles. The molecule has 1 aromatic carbocycles. The number of carbonyl (C=O) groups is 1. The van der Waals surface area contributed by atoms with Crippen LogP contribution in [0.1, 0.15) is 35.3 Å². The van der Waals surface area contributed by atoms with Crippen molar-refractivity contribution < 1.29 is 9.90 Å². The number of thiophene rings is 1. The normalized spacial score (nSPS) is 13.8. The van der Waals surface area contributed by atoms with Gasteiger partial charge >= 0.3 is 0 Å². The third-order valence-electron chi connectivity index (χ3n) is 3.92. The molecule has 0 saturated carbocycles. The zero-order chi connectivity index (χ0) is 19.0. The molecule has 0 aliphatic carbocycles. The number of aliphatic hydroxyl groups is 1. The van der Waals surface area contributed by atoms with Gasteiger partial charge in [-0.2, -0.15) is 11.3 Å². The van der Waals surface area contributed by atoms with Gasteiger partial charge in [0.1, 0.15) is 5.60 Å². The number of nitrogens with zero attached hydrogens (tertiary/aromatic N) is 1. The average molecular weight is 375 g/mol. The smallest absolute Gasteiger partial charge is 0.251 e. The molecule has 0 aliphatic rings. The highest BCUT2D eigenvalue weighted by Crippen LogP contribution is 2.21. The van der Waals surface area contributed by atoms with Crippen LogP contribution in [0.15, 0.2) is 46.1 Å². The second-order valence-corrected chi connectivity index (χ2v) is 6.89. The van der Waals surface area contributed by atoms with Crippen LogP contribution in [0.3, 0.4) is 0 Å². The molecule has 0 bridgehead atoms. The number of guanidine groups is 1. The maximum atomic E-state index is 11.7. The van der Waals surface area contributed by atoms with Gasteiger partial charge in [0, 0.05) is 19.2 Å². The van der Waals surface area contributed by atoms with E-state index < -0.39 is 5.60 Å². The lowest BCUT2D eigenvalue weighted by atomic mass is 9.99. The van der Waals surface area contributed by atoms with Crippen molar-refractivity contribution in [2.75, 3.05) is 20.1 Å². The molecule has 2 aromatic rings. The van der Waals surface area contributed by atoms with Crippen molar-refractivity contribution in [3.8, 4) is 0 Å². The van der Waals surface area contributed by atoms with Crippen LogP contribution in [0, 0.1) is 0 Å². The van der Waals surface area contributed by atoms with E-state index in [1.807, 2.05) is 41.9 Å². The predicted octanol–water partition coefficient (Wildman–Crippen LogP) is 2.07. The fourth-order valence-electron chi connectivity index (χ4n) is 2.40. The van der Waals surface area contributed by atoms with Gasteiger partial charge in [-0.15, -0.1) is 0 Å². The molecule has 4 N–H and O–H groups in total. The fraction of sp³-hybridized carbons (Fsp3) is 0.368. The van der Waals surface area contributed by atoms with Crippen molar-refractivity contribution in [2.45, 2.75) is 26.0 Å². The minimum absolute atomic E-state index is 0.118. The van der Waals surface area contributed by atoms with E-state index in [9.17, 15) is 9.90 Å². The van der Waals surface area contributed by atoms with Gasteiger partial charge in [-0.25, -0.2) is 4.99 Å². The van der Waals surface area contributed by atoms with Crippen LogP contribution in [-0.4, -0.2) is 37.1 Å². The molecule has 0 aliphatic heterocycles. The van der Waals surface area contributed by atoms with Crippen molar-refractivity contribution in [2.24, 2.45) is 4.99 Å². The zero-order valence-corrected chi connectivity index (χ0v) is 16.2. The van der Waals surface area contributed by atoms with Gasteiger partial charge in [-0.1, -0.05) is 12.1 Å². The van der Waals surface area contributed by atoms with Gasteiger partial charge in [-0.05, 0) is 53.9 Å². The molecule has 1 heterocycles. The number of aliphatic imine (C=N–C) groups is 1. The molecule has 0 radical (unpaired) electrons. The van der Waals surface area contributed by atoms with E-state index >= 15 is 0 Å². The summed E-state index contributed by atoms with van der Waals surface area (Å²) < 4.78 is 0. The highest BCUT2D eigenvalue weighted by atomic mass is 32.1. The van der Waals surface area contributed by atoms with E-state index in [1.165, 1.54) is 0 Å². The minimum atomic E-state index is -0.977. The Kier molecular flexibility index (Phi) is 7.17. The summed E-state index contributed by atoms with van der Waals surface area (Å²) in [5, 5.41) is 23.5. The van der Waals surface area contributed by atoms with Gasteiger partial charge in [0.2, 0.25) is 0 Å². The van der Waals surface area contributed by atoms with E-state index in [2.05, 4.69) is 20.9 Å². The Morgan fingerprint density at radius 3 is 2.77 bits per heavy atom. The zero-order valence-electron chi connectivity index (χ0n) is 15.4. The summed E-state index contributed by atoms with van der Waals surface area (Å²) in [5.74, 6) is 0.501. The topological polar surface area (TPSA) is 85.8 Å². The third-order valence-corrected chi connectivity index (χ3v) is 4.61. The van der Waals surface area contributed by atoms with Crippen LogP contribution in [0.25, 0.3) is 0 Å². The molecular weight excluding hydrogens is 348 g/mol. The van der Waals surface area contributed by atoms with Crippen LogP contribution in [0.2, 0.25) is 0 Å². The van der Waals surface area contributed by atoms with Crippen LogP contribution in [0.5, 0.6) is 0 Å². The molecule has 26 heavy (non-hydrogen) atoms. The largest absolute Gasteiger partial charge is 0.384 e. The first-order valence-corrected chi connectivity index (χ1v) is 9.49. The SMILES string of the molecule is CCNC(=NCc1cccc(C(=O)NC)c1)NCC(C)(O)c1ccsc1. The molecular formula is C19H26N4O2S. The minimum Gasteiger partial charge on any atom is -0.384 e. The van der Waals surface area contributed by atoms with Crippen molar-refractivity contribution in [1.82, 2.24) is 16.0 Å². The van der Waals surface area contributed by atoms with Gasteiger partial charge in [0.25, 0.3) is 5.91 Å². The molecule has 0 spiro atoms. The van der Waals surface area contributed by atoms with E-state index in [1.54, 1.807) is 31.4 Å². The van der Waals surface area contributed by atoms with Gasteiger partial charge in [0.15, 0.2) is 5.96 Å². The molecule has 1 aromatic heterocycles. The summed E-state index contributed by atoms with van der Waals surface area (Å²) in [4.78, 5) is 16.3. The predicted molar refractivity (Wildman–Crippen MR) is 107 cm³/mol. The molecule has 0 fully saturated rings. The van der Waals surface area contributed by atoms with E-state index in [4.69, 9.17) is 0 Å². The monoisotopic (exact) mass is 374 g/mol. The van der Waals surface area contributed by atoms with Gasteiger partial charge in [-0.3, -0.25) is 4.79 Å². The van der Waals surface area contributed by atoms with Crippen LogP contribution < -0.4 is 16.0 Å². The molecule has 1 unspecified atom stereocenters. The summed E-state index contributed by atoms with van der Waals surface area (Å²) in [7, 11) is 1.61. The summed E-state index contributed by atoms with van der Waals surface area (Å²) in [6, 6.07) is 9.29. The Labute approximate surface area is 158 Å². The van der Waals surface area contributed by atoms with Crippen LogP contribution in [0.4, 0.5) is 0 Å². The van der Waals surface area contributed by atoms with Crippen molar-refractivity contribution in [3.63, 3.8) is 0 Å². The molecule has 1 amide bonds. The molecule has 7 heteroatoms. The highest BCUT2D eigenvalue weighted by Gasteiger charge is 2.23. The summed E-state index contributed by atoms with van der Waals surface area (Å²) in [6.45, 7) is 5.25. The van der Waals surface area contributed by atoms with Crippen molar-refractivity contribution in [1.29, 1.82) is 0 Å². The third kappa shape index (κ3) is 5.57.